The minimum Gasteiger partial charge on any atom is -0.392 e. The van der Waals surface area contributed by atoms with Gasteiger partial charge in [-0.25, -0.2) is 22.2 Å². The van der Waals surface area contributed by atoms with Gasteiger partial charge in [-0.15, -0.1) is 0 Å². The van der Waals surface area contributed by atoms with Crippen molar-refractivity contribution in [3.05, 3.63) is 93.0 Å². The fraction of sp³-hybridized carbons (Fsp3) is 0.368. The molecule has 0 bridgehead atoms. The zero-order valence-corrected chi connectivity index (χ0v) is 32.7. The lowest BCUT2D eigenvalue weighted by Crippen LogP contribution is -2.36. The van der Waals surface area contributed by atoms with E-state index in [-0.39, 0.29) is 62.7 Å². The maximum atomic E-state index is 15.6. The van der Waals surface area contributed by atoms with E-state index < -0.39 is 99.7 Å². The Bertz CT molecular complexity index is 2690. The zero-order valence-electron chi connectivity index (χ0n) is 31.1. The molecule has 21 heteroatoms. The number of hydrogen-bond donors (Lipinski definition) is 4. The zero-order chi connectivity index (χ0) is 43.0. The number of carbonyl (C=O) groups is 1. The molecule has 4 N–H and O–H groups in total. The average Bonchev–Trinajstić information content (AvgIpc) is 3.68. The highest BCUT2D eigenvalue weighted by atomic mass is 35.5. The molecule has 0 spiro atoms. The summed E-state index contributed by atoms with van der Waals surface area (Å²) in [5.74, 6) is -4.39. The number of sulfonamides is 1. The van der Waals surface area contributed by atoms with Crippen molar-refractivity contribution in [1.29, 1.82) is 0 Å². The first-order valence-electron chi connectivity index (χ1n) is 17.8. The molecule has 312 valence electrons. The predicted octanol–water partition coefficient (Wildman–Crippen LogP) is 5.95. The van der Waals surface area contributed by atoms with Crippen LogP contribution in [0.15, 0.2) is 42.5 Å². The van der Waals surface area contributed by atoms with E-state index in [4.69, 9.17) is 11.6 Å². The van der Waals surface area contributed by atoms with E-state index in [9.17, 15) is 45.4 Å². The Hall–Kier alpha value is -5.23. The van der Waals surface area contributed by atoms with E-state index >= 15 is 8.78 Å². The Morgan fingerprint density at radius 1 is 1.08 bits per heavy atom. The summed E-state index contributed by atoms with van der Waals surface area (Å²) in [7, 11) is -2.39. The van der Waals surface area contributed by atoms with Crippen LogP contribution in [0.4, 0.5) is 36.6 Å². The third kappa shape index (κ3) is 8.08. The van der Waals surface area contributed by atoms with Crippen molar-refractivity contribution in [2.24, 2.45) is 13.0 Å². The van der Waals surface area contributed by atoms with E-state index in [1.54, 1.807) is 0 Å². The molecule has 0 aliphatic heterocycles. The highest BCUT2D eigenvalue weighted by Crippen LogP contribution is 2.64. The van der Waals surface area contributed by atoms with Crippen molar-refractivity contribution in [3.63, 3.8) is 0 Å². The molecule has 0 saturated heterocycles. The standard InChI is InChI=1S/C38H33ClF7N7O5S/c1-36(56,17-54)11-10-21-4-5-22(23-7-9-26(39)30-32(23)52(2)50-35(30)51-59(3,57)58)31(47-21)27(14-18-12-19(40)15-20(41)13-18)48-28(55)16-53-34-29(33(49-53)38(44,45)46)24-6-8-25(24)37(34,42)43/h4-5,7,9,12-13,15,24-25,27,54,56H,6,8,14,16-17H2,1-3H3,(H,48,55)(H,50,51)/t24-,25+,27-,36?/m0/s1. The van der Waals surface area contributed by atoms with E-state index in [0.717, 1.165) is 18.4 Å². The van der Waals surface area contributed by atoms with Gasteiger partial charge in [0, 0.05) is 35.7 Å². The smallest absolute Gasteiger partial charge is 0.392 e. The van der Waals surface area contributed by atoms with Crippen LogP contribution in [0.3, 0.4) is 0 Å². The van der Waals surface area contributed by atoms with Crippen molar-refractivity contribution in [2.75, 3.05) is 17.6 Å². The third-order valence-electron chi connectivity index (χ3n) is 10.2. The molecular formula is C38H33ClF7N7O5S. The van der Waals surface area contributed by atoms with Gasteiger partial charge < -0.3 is 15.5 Å². The third-order valence-corrected chi connectivity index (χ3v) is 11.1. The van der Waals surface area contributed by atoms with Gasteiger partial charge in [0.25, 0.3) is 5.92 Å². The van der Waals surface area contributed by atoms with Crippen LogP contribution in [0.5, 0.6) is 0 Å². The summed E-state index contributed by atoms with van der Waals surface area (Å²) in [6.07, 6.45) is -4.59. The summed E-state index contributed by atoms with van der Waals surface area (Å²) in [5, 5.41) is 30.5. The number of benzene rings is 2. The second-order valence-corrected chi connectivity index (χ2v) is 16.9. The molecule has 4 atom stereocenters. The Balaban J connectivity index is 1.40. The highest BCUT2D eigenvalue weighted by molar-refractivity contribution is 7.92. The first kappa shape index (κ1) is 41.9. The predicted molar refractivity (Wildman–Crippen MR) is 200 cm³/mol. The highest BCUT2D eigenvalue weighted by Gasteiger charge is 2.63. The van der Waals surface area contributed by atoms with Gasteiger partial charge in [0.2, 0.25) is 15.9 Å². The minimum atomic E-state index is -5.11. The van der Waals surface area contributed by atoms with Gasteiger partial charge >= 0.3 is 6.18 Å². The van der Waals surface area contributed by atoms with Crippen LogP contribution in [0.2, 0.25) is 5.02 Å². The Kier molecular flexibility index (Phi) is 10.5. The van der Waals surface area contributed by atoms with Crippen LogP contribution in [0.25, 0.3) is 22.0 Å². The van der Waals surface area contributed by atoms with Gasteiger partial charge in [0.1, 0.15) is 35.2 Å². The molecule has 5 aromatic rings. The van der Waals surface area contributed by atoms with E-state index in [2.05, 4.69) is 37.1 Å². The topological polar surface area (TPSA) is 164 Å². The summed E-state index contributed by atoms with van der Waals surface area (Å²) >= 11 is 6.56. The van der Waals surface area contributed by atoms with E-state index in [1.807, 2.05) is 0 Å². The van der Waals surface area contributed by atoms with Gasteiger partial charge in [-0.05, 0) is 73.9 Å². The van der Waals surface area contributed by atoms with Gasteiger partial charge in [-0.1, -0.05) is 23.6 Å². The summed E-state index contributed by atoms with van der Waals surface area (Å²) in [4.78, 5) is 18.6. The summed E-state index contributed by atoms with van der Waals surface area (Å²) < 4.78 is 131. The lowest BCUT2D eigenvalue weighted by atomic mass is 9.73. The van der Waals surface area contributed by atoms with Crippen molar-refractivity contribution in [1.82, 2.24) is 29.9 Å². The molecule has 1 unspecified atom stereocenters. The monoisotopic (exact) mass is 867 g/mol. The van der Waals surface area contributed by atoms with Crippen LogP contribution in [0.1, 0.15) is 65.6 Å². The molecular weight excluding hydrogens is 835 g/mol. The molecule has 7 rings (SSSR count). The number of aliphatic hydroxyl groups excluding tert-OH is 1. The molecule has 2 aliphatic rings. The number of carbonyl (C=O) groups excluding carboxylic acids is 1. The number of nitrogens with one attached hydrogen (secondary N) is 2. The van der Waals surface area contributed by atoms with Crippen LogP contribution >= 0.6 is 11.6 Å². The number of amides is 1. The lowest BCUT2D eigenvalue weighted by Gasteiger charge is -2.34. The SMILES string of the molecule is Cn1nc(NS(C)(=O)=O)c2c(Cl)ccc(-c3ccc(C#CC(C)(O)CO)nc3[C@H](Cc3cc(F)cc(F)c3)NC(=O)Cn3nc(C(F)(F)F)c4c3C(F)(F)[C@@H]3CC[C@H]43)c21. The second kappa shape index (κ2) is 14.8. The number of hydrogen-bond acceptors (Lipinski definition) is 8. The molecule has 2 aliphatic carbocycles. The fourth-order valence-electron chi connectivity index (χ4n) is 7.63. The number of anilines is 1. The molecule has 59 heavy (non-hydrogen) atoms. The number of halogens is 8. The van der Waals surface area contributed by atoms with Crippen molar-refractivity contribution in [2.45, 2.75) is 62.4 Å². The summed E-state index contributed by atoms with van der Waals surface area (Å²) in [6, 6.07) is 6.87. The molecule has 0 radical (unpaired) electrons. The maximum Gasteiger partial charge on any atom is 0.435 e. The molecule has 1 fully saturated rings. The van der Waals surface area contributed by atoms with Crippen LogP contribution < -0.4 is 10.0 Å². The number of nitrogens with zero attached hydrogens (tertiary/aromatic N) is 5. The van der Waals surface area contributed by atoms with E-state index in [0.29, 0.717) is 10.7 Å². The molecule has 1 saturated carbocycles. The van der Waals surface area contributed by atoms with Gasteiger partial charge in [0.05, 0.1) is 40.5 Å². The number of rotatable bonds is 10. The van der Waals surface area contributed by atoms with Crippen molar-refractivity contribution < 1.29 is 54.2 Å². The largest absolute Gasteiger partial charge is 0.435 e. The first-order valence-corrected chi connectivity index (χ1v) is 20.1. The Labute approximate surface area is 336 Å². The first-order chi connectivity index (χ1) is 27.5. The maximum absolute atomic E-state index is 15.6. The van der Waals surface area contributed by atoms with Crippen LogP contribution in [0, 0.1) is 29.4 Å². The normalized spacial score (nSPS) is 18.6. The fourth-order valence-corrected chi connectivity index (χ4v) is 8.37. The number of aryl methyl sites for hydroxylation is 1. The van der Waals surface area contributed by atoms with Gasteiger partial charge in [0.15, 0.2) is 11.5 Å². The minimum absolute atomic E-state index is 0.0238. The second-order valence-electron chi connectivity index (χ2n) is 14.8. The number of aliphatic hydroxyl groups is 2. The van der Waals surface area contributed by atoms with E-state index in [1.165, 1.54) is 42.9 Å². The number of fused-ring (bicyclic) bond motifs is 4. The molecule has 3 heterocycles. The molecule has 12 nitrogen and oxygen atoms in total. The quantitative estimate of drug-likeness (QED) is 0.0990. The summed E-state index contributed by atoms with van der Waals surface area (Å²) in [6.45, 7) is -0.671. The number of alkyl halides is 5. The summed E-state index contributed by atoms with van der Waals surface area (Å²) in [5.41, 5.74) is -4.59. The van der Waals surface area contributed by atoms with Crippen molar-refractivity contribution >= 4 is 44.3 Å². The average molecular weight is 868 g/mol. The number of aromatic nitrogens is 5. The van der Waals surface area contributed by atoms with Gasteiger partial charge in [-0.2, -0.15) is 32.1 Å². The molecule has 2 aromatic carbocycles. The Morgan fingerprint density at radius 2 is 1.76 bits per heavy atom. The van der Waals surface area contributed by atoms with Crippen LogP contribution in [-0.2, 0) is 46.9 Å². The molecule has 1 amide bonds. The van der Waals surface area contributed by atoms with Gasteiger partial charge in [-0.3, -0.25) is 18.9 Å². The Morgan fingerprint density at radius 3 is 2.37 bits per heavy atom. The lowest BCUT2D eigenvalue weighted by molar-refractivity contribution is -0.144. The van der Waals surface area contributed by atoms with Crippen molar-refractivity contribution in [3.8, 4) is 23.0 Å². The van der Waals surface area contributed by atoms with Crippen LogP contribution in [-0.4, -0.2) is 67.5 Å². The molecule has 3 aromatic heterocycles. The number of pyridine rings is 1.